The van der Waals surface area contributed by atoms with Gasteiger partial charge in [-0.2, -0.15) is 0 Å². The van der Waals surface area contributed by atoms with E-state index >= 15 is 0 Å². The van der Waals surface area contributed by atoms with E-state index in [2.05, 4.69) is 16.7 Å². The summed E-state index contributed by atoms with van der Waals surface area (Å²) >= 11 is 12.6. The molecule has 162 valence electrons. The first-order valence-electron chi connectivity index (χ1n) is 10.6. The summed E-state index contributed by atoms with van der Waals surface area (Å²) in [6.07, 6.45) is 0.179. The predicted molar refractivity (Wildman–Crippen MR) is 127 cm³/mol. The van der Waals surface area contributed by atoms with Crippen LogP contribution in [0.3, 0.4) is 0 Å². The highest BCUT2D eigenvalue weighted by Gasteiger charge is 2.59. The molecule has 1 saturated heterocycles. The van der Waals surface area contributed by atoms with Crippen molar-refractivity contribution in [2.45, 2.75) is 30.6 Å². The molecule has 4 nitrogen and oxygen atoms in total. The van der Waals surface area contributed by atoms with Crippen LogP contribution in [-0.4, -0.2) is 18.4 Å². The smallest absolute Gasteiger partial charge is 0.236 e. The number of benzene rings is 3. The van der Waals surface area contributed by atoms with E-state index in [-0.39, 0.29) is 24.2 Å². The summed E-state index contributed by atoms with van der Waals surface area (Å²) in [4.78, 5) is 26.9. The molecule has 2 aliphatic rings. The van der Waals surface area contributed by atoms with Gasteiger partial charge in [0.1, 0.15) is 0 Å². The van der Waals surface area contributed by atoms with Crippen molar-refractivity contribution >= 4 is 40.7 Å². The fraction of sp³-hybridized carbons (Fsp3) is 0.231. The third kappa shape index (κ3) is 3.21. The summed E-state index contributed by atoms with van der Waals surface area (Å²) in [6.45, 7) is 2.40. The Morgan fingerprint density at radius 2 is 1.69 bits per heavy atom. The lowest BCUT2D eigenvalue weighted by Crippen LogP contribution is -2.47. The normalized spacial score (nSPS) is 24.6. The van der Waals surface area contributed by atoms with Gasteiger partial charge in [0.25, 0.3) is 0 Å². The van der Waals surface area contributed by atoms with Crippen LogP contribution in [0.15, 0.2) is 66.7 Å². The number of amides is 2. The third-order valence-electron chi connectivity index (χ3n) is 6.86. The van der Waals surface area contributed by atoms with E-state index in [1.165, 1.54) is 0 Å². The number of carbonyl (C=O) groups is 2. The molecule has 3 aromatic carbocycles. The van der Waals surface area contributed by atoms with Crippen LogP contribution in [0, 0.1) is 6.92 Å². The molecule has 2 amide bonds. The second kappa shape index (κ2) is 7.95. The Kier molecular flexibility index (Phi) is 5.23. The summed E-state index contributed by atoms with van der Waals surface area (Å²) in [6, 6.07) is 21.1. The van der Waals surface area contributed by atoms with E-state index in [4.69, 9.17) is 23.2 Å². The van der Waals surface area contributed by atoms with Gasteiger partial charge in [-0.05, 0) is 53.4 Å². The highest BCUT2D eigenvalue weighted by atomic mass is 35.5. The maximum absolute atomic E-state index is 14.0. The van der Waals surface area contributed by atoms with Gasteiger partial charge in [-0.15, -0.1) is 0 Å². The highest BCUT2D eigenvalue weighted by molar-refractivity contribution is 6.31. The van der Waals surface area contributed by atoms with Gasteiger partial charge in [0.15, 0.2) is 0 Å². The molecule has 0 radical (unpaired) electrons. The zero-order valence-electron chi connectivity index (χ0n) is 17.5. The fourth-order valence-corrected chi connectivity index (χ4v) is 5.87. The first-order chi connectivity index (χ1) is 15.4. The van der Waals surface area contributed by atoms with E-state index in [0.717, 1.165) is 22.3 Å². The predicted octanol–water partition coefficient (Wildman–Crippen LogP) is 5.58. The van der Waals surface area contributed by atoms with E-state index in [1.807, 2.05) is 55.5 Å². The molecular formula is C26H22Cl2N2O2. The van der Waals surface area contributed by atoms with Gasteiger partial charge in [-0.3, -0.25) is 9.59 Å². The minimum atomic E-state index is -1.00. The summed E-state index contributed by atoms with van der Waals surface area (Å²) in [5.41, 5.74) is 3.54. The SMILES string of the molecule is Cc1ccccc1[C@H]1CNC(=O)C[C@@H](c2cccc(Cl)c2)[C@]12C(=O)Nc1cc(Cl)ccc12. The molecule has 2 heterocycles. The molecule has 0 aromatic heterocycles. The lowest BCUT2D eigenvalue weighted by atomic mass is 9.58. The number of anilines is 1. The van der Waals surface area contributed by atoms with Gasteiger partial charge in [0.2, 0.25) is 11.8 Å². The van der Waals surface area contributed by atoms with Crippen LogP contribution in [0.5, 0.6) is 0 Å². The van der Waals surface area contributed by atoms with Crippen LogP contribution in [0.25, 0.3) is 0 Å². The topological polar surface area (TPSA) is 58.2 Å². The maximum Gasteiger partial charge on any atom is 0.236 e. The Bertz CT molecular complexity index is 1240. The number of fused-ring (bicyclic) bond motifs is 2. The number of hydrogen-bond acceptors (Lipinski definition) is 2. The minimum Gasteiger partial charge on any atom is -0.355 e. The lowest BCUT2D eigenvalue weighted by Gasteiger charge is -2.41. The number of aryl methyl sites for hydroxylation is 1. The standard InChI is InChI=1S/C26H22Cl2N2O2/c1-15-5-2-3-8-19(15)22-14-29-24(31)13-21(16-6-4-7-17(27)11-16)26(22)20-10-9-18(28)12-23(20)30-25(26)32/h2-12,21-22H,13-14H2,1H3,(H,29,31)(H,30,32)/t21-,22+,26-/m0/s1. The third-order valence-corrected chi connectivity index (χ3v) is 7.33. The molecule has 0 unspecified atom stereocenters. The molecule has 3 atom stereocenters. The zero-order chi connectivity index (χ0) is 22.5. The molecule has 0 bridgehead atoms. The summed E-state index contributed by atoms with van der Waals surface area (Å²) in [7, 11) is 0. The van der Waals surface area contributed by atoms with E-state index in [9.17, 15) is 9.59 Å². The van der Waals surface area contributed by atoms with E-state index in [1.54, 1.807) is 12.1 Å². The molecule has 0 saturated carbocycles. The van der Waals surface area contributed by atoms with Crippen molar-refractivity contribution in [2.75, 3.05) is 11.9 Å². The monoisotopic (exact) mass is 464 g/mol. The average molecular weight is 465 g/mol. The van der Waals surface area contributed by atoms with E-state index in [0.29, 0.717) is 22.3 Å². The van der Waals surface area contributed by atoms with E-state index < -0.39 is 11.3 Å². The summed E-state index contributed by atoms with van der Waals surface area (Å²) in [5, 5.41) is 7.28. The molecule has 5 rings (SSSR count). The van der Waals surface area contributed by atoms with Crippen molar-refractivity contribution in [3.8, 4) is 0 Å². The molecule has 1 spiro atoms. The second-order valence-electron chi connectivity index (χ2n) is 8.54. The lowest BCUT2D eigenvalue weighted by molar-refractivity contribution is -0.123. The van der Waals surface area contributed by atoms with Crippen molar-refractivity contribution in [2.24, 2.45) is 0 Å². The van der Waals surface area contributed by atoms with Crippen LogP contribution >= 0.6 is 23.2 Å². The van der Waals surface area contributed by atoms with Gasteiger partial charge in [-0.1, -0.05) is 65.7 Å². The Labute approximate surface area is 196 Å². The highest BCUT2D eigenvalue weighted by Crippen LogP contribution is 2.57. The quantitative estimate of drug-likeness (QED) is 0.519. The van der Waals surface area contributed by atoms with Crippen LogP contribution in [0.4, 0.5) is 5.69 Å². The first-order valence-corrected chi connectivity index (χ1v) is 11.4. The number of nitrogens with one attached hydrogen (secondary N) is 2. The van der Waals surface area contributed by atoms with Gasteiger partial charge in [0, 0.05) is 40.5 Å². The van der Waals surface area contributed by atoms with Crippen molar-refractivity contribution in [3.05, 3.63) is 99.0 Å². The van der Waals surface area contributed by atoms with Gasteiger partial charge < -0.3 is 10.6 Å². The average Bonchev–Trinajstić information content (AvgIpc) is 2.94. The Balaban J connectivity index is 1.85. The van der Waals surface area contributed by atoms with Crippen molar-refractivity contribution in [3.63, 3.8) is 0 Å². The number of halogens is 2. The molecule has 2 aliphatic heterocycles. The first kappa shape index (κ1) is 21.0. The van der Waals surface area contributed by atoms with Crippen LogP contribution in [0.2, 0.25) is 10.0 Å². The summed E-state index contributed by atoms with van der Waals surface area (Å²) < 4.78 is 0. The zero-order valence-corrected chi connectivity index (χ0v) is 19.0. The molecule has 2 N–H and O–H groups in total. The maximum atomic E-state index is 14.0. The van der Waals surface area contributed by atoms with Gasteiger partial charge in [-0.25, -0.2) is 0 Å². The van der Waals surface area contributed by atoms with Crippen LogP contribution in [0.1, 0.15) is 40.5 Å². The molecule has 1 fully saturated rings. The second-order valence-corrected chi connectivity index (χ2v) is 9.41. The van der Waals surface area contributed by atoms with Crippen LogP contribution < -0.4 is 10.6 Å². The van der Waals surface area contributed by atoms with Gasteiger partial charge in [0.05, 0.1) is 5.41 Å². The Morgan fingerprint density at radius 1 is 0.906 bits per heavy atom. The summed E-state index contributed by atoms with van der Waals surface area (Å²) in [5.74, 6) is -0.887. The Hall–Kier alpha value is -2.82. The molecule has 32 heavy (non-hydrogen) atoms. The van der Waals surface area contributed by atoms with Gasteiger partial charge >= 0.3 is 0 Å². The van der Waals surface area contributed by atoms with Crippen LogP contribution in [-0.2, 0) is 15.0 Å². The Morgan fingerprint density at radius 3 is 2.47 bits per heavy atom. The molecule has 0 aliphatic carbocycles. The van der Waals surface area contributed by atoms with Crippen molar-refractivity contribution < 1.29 is 9.59 Å². The van der Waals surface area contributed by atoms with Crippen molar-refractivity contribution in [1.82, 2.24) is 5.32 Å². The minimum absolute atomic E-state index is 0.0827. The number of carbonyl (C=O) groups excluding carboxylic acids is 2. The number of hydrogen-bond donors (Lipinski definition) is 2. The number of rotatable bonds is 2. The van der Waals surface area contributed by atoms with Crippen molar-refractivity contribution in [1.29, 1.82) is 0 Å². The molecule has 6 heteroatoms. The largest absolute Gasteiger partial charge is 0.355 e. The fourth-order valence-electron chi connectivity index (χ4n) is 5.50. The molecular weight excluding hydrogens is 443 g/mol. The molecule has 3 aromatic rings.